The van der Waals surface area contributed by atoms with E-state index in [1.165, 1.54) is 6.07 Å². The molecule has 0 unspecified atom stereocenters. The monoisotopic (exact) mass is 289 g/mol. The van der Waals surface area contributed by atoms with Gasteiger partial charge in [0.15, 0.2) is 0 Å². The number of rotatable bonds is 4. The topological polar surface area (TPSA) is 88.3 Å². The fourth-order valence-corrected chi connectivity index (χ4v) is 1.43. The van der Waals surface area contributed by atoms with Crippen LogP contribution in [0.4, 0.5) is 11.5 Å². The summed E-state index contributed by atoms with van der Waals surface area (Å²) in [6.07, 6.45) is 1.16. The average molecular weight is 290 g/mol. The van der Waals surface area contributed by atoms with Crippen LogP contribution in [-0.2, 0) is 0 Å². The Hall–Kier alpha value is -1.21. The lowest BCUT2D eigenvalue weighted by Crippen LogP contribution is -2.29. The maximum atomic E-state index is 10.5. The van der Waals surface area contributed by atoms with E-state index in [1.807, 2.05) is 0 Å². The van der Waals surface area contributed by atoms with Gasteiger partial charge in [0.25, 0.3) is 5.69 Å². The number of hydrogen-bond donors (Lipinski definition) is 2. The lowest BCUT2D eigenvalue weighted by Gasteiger charge is -2.18. The molecular formula is C9H12BrN3O3. The third kappa shape index (κ3) is 3.74. The predicted octanol–water partition coefficient (Wildman–Crippen LogP) is 1.94. The fourth-order valence-electron chi connectivity index (χ4n) is 0.958. The highest BCUT2D eigenvalue weighted by molar-refractivity contribution is 9.10. The summed E-state index contributed by atoms with van der Waals surface area (Å²) in [6.45, 7) is 3.61. The van der Waals surface area contributed by atoms with E-state index in [9.17, 15) is 15.2 Å². The first-order chi connectivity index (χ1) is 7.29. The van der Waals surface area contributed by atoms with E-state index < -0.39 is 10.5 Å². The van der Waals surface area contributed by atoms with Gasteiger partial charge in [-0.15, -0.1) is 0 Å². The summed E-state index contributed by atoms with van der Waals surface area (Å²) in [5.41, 5.74) is -0.955. The zero-order valence-electron chi connectivity index (χ0n) is 8.90. The highest BCUT2D eigenvalue weighted by atomic mass is 79.9. The predicted molar refractivity (Wildman–Crippen MR) is 63.4 cm³/mol. The van der Waals surface area contributed by atoms with Gasteiger partial charge in [-0.2, -0.15) is 0 Å². The molecule has 1 rings (SSSR count). The van der Waals surface area contributed by atoms with Gasteiger partial charge in [-0.05, 0) is 29.8 Å². The Morgan fingerprint density at radius 1 is 1.69 bits per heavy atom. The third-order valence-corrected chi connectivity index (χ3v) is 2.33. The van der Waals surface area contributed by atoms with Crippen LogP contribution >= 0.6 is 15.9 Å². The third-order valence-electron chi connectivity index (χ3n) is 1.73. The van der Waals surface area contributed by atoms with Crippen LogP contribution in [0.15, 0.2) is 16.7 Å². The number of aliphatic hydroxyl groups is 1. The Morgan fingerprint density at radius 2 is 2.31 bits per heavy atom. The molecule has 0 aliphatic carbocycles. The van der Waals surface area contributed by atoms with E-state index in [-0.39, 0.29) is 5.69 Å². The molecule has 0 aromatic carbocycles. The lowest BCUT2D eigenvalue weighted by molar-refractivity contribution is -0.385. The molecule has 0 fully saturated rings. The Bertz CT molecular complexity index is 403. The second-order valence-electron chi connectivity index (χ2n) is 3.95. The van der Waals surface area contributed by atoms with E-state index in [1.54, 1.807) is 13.8 Å². The minimum absolute atomic E-state index is 0.0827. The SMILES string of the molecule is CC(C)(O)CNc1ncc([N+](=O)[O-])cc1Br. The number of nitro groups is 1. The summed E-state index contributed by atoms with van der Waals surface area (Å²) < 4.78 is 0.492. The molecule has 2 N–H and O–H groups in total. The second-order valence-corrected chi connectivity index (χ2v) is 4.80. The normalized spacial score (nSPS) is 11.2. The molecule has 0 aliphatic rings. The molecule has 0 atom stereocenters. The molecule has 88 valence electrons. The van der Waals surface area contributed by atoms with Gasteiger partial charge in [0.1, 0.15) is 12.0 Å². The highest BCUT2D eigenvalue weighted by Gasteiger charge is 2.15. The van der Waals surface area contributed by atoms with Gasteiger partial charge >= 0.3 is 0 Å². The lowest BCUT2D eigenvalue weighted by atomic mass is 10.1. The van der Waals surface area contributed by atoms with Gasteiger partial charge in [0.05, 0.1) is 15.0 Å². The molecule has 0 radical (unpaired) electrons. The van der Waals surface area contributed by atoms with E-state index in [2.05, 4.69) is 26.2 Å². The van der Waals surface area contributed by atoms with Gasteiger partial charge in [0.2, 0.25) is 0 Å². The minimum Gasteiger partial charge on any atom is -0.389 e. The Labute approximate surface area is 101 Å². The average Bonchev–Trinajstić information content (AvgIpc) is 2.14. The van der Waals surface area contributed by atoms with Crippen molar-refractivity contribution in [1.82, 2.24) is 4.98 Å². The van der Waals surface area contributed by atoms with E-state index in [0.717, 1.165) is 6.20 Å². The van der Waals surface area contributed by atoms with Crippen LogP contribution in [0, 0.1) is 10.1 Å². The molecule has 1 heterocycles. The summed E-state index contributed by atoms with van der Waals surface area (Å²) in [5.74, 6) is 0.465. The zero-order valence-corrected chi connectivity index (χ0v) is 10.5. The Balaban J connectivity index is 2.80. The summed E-state index contributed by atoms with van der Waals surface area (Å²) in [5, 5.41) is 22.9. The van der Waals surface area contributed by atoms with E-state index >= 15 is 0 Å². The van der Waals surface area contributed by atoms with E-state index in [0.29, 0.717) is 16.8 Å². The largest absolute Gasteiger partial charge is 0.389 e. The van der Waals surface area contributed by atoms with Crippen LogP contribution < -0.4 is 5.32 Å². The van der Waals surface area contributed by atoms with Crippen LogP contribution in [0.25, 0.3) is 0 Å². The zero-order chi connectivity index (χ0) is 12.3. The van der Waals surface area contributed by atoms with Gasteiger partial charge in [-0.3, -0.25) is 10.1 Å². The summed E-state index contributed by atoms with van der Waals surface area (Å²) in [7, 11) is 0. The molecule has 1 aromatic rings. The standard InChI is InChI=1S/C9H12BrN3O3/c1-9(2,14)5-12-8-7(10)3-6(4-11-8)13(15)16/h3-4,14H,5H2,1-2H3,(H,11,12). The molecular weight excluding hydrogens is 278 g/mol. The van der Waals surface area contributed by atoms with Crippen molar-refractivity contribution in [3.8, 4) is 0 Å². The number of nitrogens with zero attached hydrogens (tertiary/aromatic N) is 2. The molecule has 0 saturated heterocycles. The Kier molecular flexibility index (Phi) is 3.82. The van der Waals surface area contributed by atoms with Gasteiger partial charge < -0.3 is 10.4 Å². The maximum Gasteiger partial charge on any atom is 0.288 e. The molecule has 0 amide bonds. The number of pyridine rings is 1. The molecule has 16 heavy (non-hydrogen) atoms. The summed E-state index contributed by atoms with van der Waals surface area (Å²) in [6, 6.07) is 1.36. The molecule has 0 saturated carbocycles. The first-order valence-corrected chi connectivity index (χ1v) is 5.35. The van der Waals surface area contributed by atoms with Crippen LogP contribution in [0.3, 0.4) is 0 Å². The number of halogens is 1. The van der Waals surface area contributed by atoms with Crippen molar-refractivity contribution in [2.24, 2.45) is 0 Å². The van der Waals surface area contributed by atoms with Gasteiger partial charge in [-0.1, -0.05) is 0 Å². The molecule has 1 aromatic heterocycles. The molecule has 6 nitrogen and oxygen atoms in total. The van der Waals surface area contributed by atoms with Crippen molar-refractivity contribution < 1.29 is 10.0 Å². The molecule has 0 bridgehead atoms. The van der Waals surface area contributed by atoms with Crippen molar-refractivity contribution >= 4 is 27.4 Å². The summed E-state index contributed by atoms with van der Waals surface area (Å²) >= 11 is 3.17. The van der Waals surface area contributed by atoms with Crippen molar-refractivity contribution in [2.45, 2.75) is 19.4 Å². The number of anilines is 1. The van der Waals surface area contributed by atoms with Crippen molar-refractivity contribution in [2.75, 3.05) is 11.9 Å². The fraction of sp³-hybridized carbons (Fsp3) is 0.444. The number of hydrogen-bond acceptors (Lipinski definition) is 5. The quantitative estimate of drug-likeness (QED) is 0.653. The van der Waals surface area contributed by atoms with Crippen molar-refractivity contribution in [3.05, 3.63) is 26.9 Å². The second kappa shape index (κ2) is 4.75. The molecule has 0 aliphatic heterocycles. The van der Waals surface area contributed by atoms with E-state index in [4.69, 9.17) is 0 Å². The Morgan fingerprint density at radius 3 is 2.75 bits per heavy atom. The maximum absolute atomic E-state index is 10.5. The van der Waals surface area contributed by atoms with Crippen molar-refractivity contribution in [3.63, 3.8) is 0 Å². The molecule has 7 heteroatoms. The van der Waals surface area contributed by atoms with Crippen LogP contribution in [0.1, 0.15) is 13.8 Å². The first kappa shape index (κ1) is 12.9. The van der Waals surface area contributed by atoms with Crippen molar-refractivity contribution in [1.29, 1.82) is 0 Å². The first-order valence-electron chi connectivity index (χ1n) is 4.56. The van der Waals surface area contributed by atoms with Crippen LogP contribution in [-0.4, -0.2) is 27.2 Å². The molecule has 0 spiro atoms. The smallest absolute Gasteiger partial charge is 0.288 e. The minimum atomic E-state index is -0.872. The highest BCUT2D eigenvalue weighted by Crippen LogP contribution is 2.24. The van der Waals surface area contributed by atoms with Crippen LogP contribution in [0.2, 0.25) is 0 Å². The van der Waals surface area contributed by atoms with Gasteiger partial charge in [-0.25, -0.2) is 4.98 Å². The van der Waals surface area contributed by atoms with Gasteiger partial charge in [0, 0.05) is 12.6 Å². The summed E-state index contributed by atoms with van der Waals surface area (Å²) in [4.78, 5) is 13.8. The number of nitrogens with one attached hydrogen (secondary N) is 1. The van der Waals surface area contributed by atoms with Crippen LogP contribution in [0.5, 0.6) is 0 Å². The number of aromatic nitrogens is 1.